The molecule has 3 rings (SSSR count). The number of nitrogens with zero attached hydrogens (tertiary/aromatic N) is 1. The molecule has 25 heavy (non-hydrogen) atoms. The summed E-state index contributed by atoms with van der Waals surface area (Å²) >= 11 is 0. The molecule has 0 atom stereocenters. The molecular formula is C22H32N2O. The van der Waals surface area contributed by atoms with Gasteiger partial charge in [-0.25, -0.2) is 4.98 Å². The second kappa shape index (κ2) is 6.95. The minimum absolute atomic E-state index is 0.262. The Hall–Kier alpha value is -1.61. The topological polar surface area (TPSA) is 37.9 Å². The first-order valence-electron chi connectivity index (χ1n) is 9.50. The van der Waals surface area contributed by atoms with E-state index < -0.39 is 0 Å². The molecule has 3 nitrogen and oxygen atoms in total. The monoisotopic (exact) mass is 340 g/mol. The van der Waals surface area contributed by atoms with Gasteiger partial charge in [-0.15, -0.1) is 0 Å². The molecule has 1 heterocycles. The van der Waals surface area contributed by atoms with E-state index in [4.69, 9.17) is 4.74 Å². The van der Waals surface area contributed by atoms with Gasteiger partial charge in [0, 0.05) is 12.3 Å². The Kier molecular flexibility index (Phi) is 5.06. The molecule has 0 unspecified atom stereocenters. The second-order valence-corrected chi connectivity index (χ2v) is 8.78. The predicted molar refractivity (Wildman–Crippen MR) is 103 cm³/mol. The van der Waals surface area contributed by atoms with Gasteiger partial charge in [0.1, 0.15) is 0 Å². The summed E-state index contributed by atoms with van der Waals surface area (Å²) in [6, 6.07) is 6.97. The van der Waals surface area contributed by atoms with E-state index in [0.717, 1.165) is 25.1 Å². The number of rotatable bonds is 6. The van der Waals surface area contributed by atoms with Crippen LogP contribution in [0.1, 0.15) is 75.0 Å². The van der Waals surface area contributed by atoms with Crippen molar-refractivity contribution in [2.24, 2.45) is 0 Å². The Bertz CT molecular complexity index is 727. The fourth-order valence-corrected chi connectivity index (χ4v) is 3.90. The van der Waals surface area contributed by atoms with Crippen LogP contribution in [0.3, 0.4) is 0 Å². The lowest BCUT2D eigenvalue weighted by Crippen LogP contribution is -2.33. The fourth-order valence-electron chi connectivity index (χ4n) is 3.90. The molecule has 0 spiro atoms. The van der Waals surface area contributed by atoms with Crippen LogP contribution in [-0.4, -0.2) is 16.6 Å². The van der Waals surface area contributed by atoms with Gasteiger partial charge in [-0.3, -0.25) is 0 Å². The first-order valence-corrected chi connectivity index (χ1v) is 9.50. The van der Waals surface area contributed by atoms with Crippen LogP contribution >= 0.6 is 0 Å². The van der Waals surface area contributed by atoms with E-state index in [9.17, 15) is 0 Å². The van der Waals surface area contributed by atoms with Gasteiger partial charge >= 0.3 is 0 Å². The standard InChI is InChI=1S/C22H32N2O/c1-16-20(24-15-23-16)7-6-12-25-14-17-8-9-18-19(13-17)22(4,5)11-10-21(18,2)3/h8-9,13,15H,6-7,10-12,14H2,1-5H3,(H,23,24). The van der Waals surface area contributed by atoms with Gasteiger partial charge in [0.15, 0.2) is 0 Å². The summed E-state index contributed by atoms with van der Waals surface area (Å²) in [7, 11) is 0. The molecule has 0 saturated carbocycles. The number of fused-ring (bicyclic) bond motifs is 1. The van der Waals surface area contributed by atoms with Gasteiger partial charge in [0.25, 0.3) is 0 Å². The Morgan fingerprint density at radius 1 is 1.08 bits per heavy atom. The number of aromatic nitrogens is 2. The highest BCUT2D eigenvalue weighted by Gasteiger charge is 2.36. The summed E-state index contributed by atoms with van der Waals surface area (Å²) in [5, 5.41) is 0. The van der Waals surface area contributed by atoms with Crippen molar-refractivity contribution in [1.29, 1.82) is 0 Å². The van der Waals surface area contributed by atoms with E-state index >= 15 is 0 Å². The SMILES string of the molecule is Cc1[nH]cnc1CCCOCc1ccc2c(c1)C(C)(C)CCC2(C)C. The van der Waals surface area contributed by atoms with Gasteiger partial charge in [0.05, 0.1) is 18.6 Å². The number of ether oxygens (including phenoxy) is 1. The molecule has 2 aromatic rings. The number of H-pyrrole nitrogens is 1. The number of nitrogens with one attached hydrogen (secondary N) is 1. The lowest BCUT2D eigenvalue weighted by Gasteiger charge is -2.42. The molecule has 1 aromatic carbocycles. The fraction of sp³-hybridized carbons (Fsp3) is 0.591. The molecule has 1 N–H and O–H groups in total. The third kappa shape index (κ3) is 3.98. The van der Waals surface area contributed by atoms with Crippen molar-refractivity contribution in [3.63, 3.8) is 0 Å². The molecule has 0 fully saturated rings. The zero-order valence-corrected chi connectivity index (χ0v) is 16.4. The van der Waals surface area contributed by atoms with Gasteiger partial charge in [-0.2, -0.15) is 0 Å². The molecule has 1 aliphatic carbocycles. The zero-order valence-electron chi connectivity index (χ0n) is 16.4. The normalized spacial score (nSPS) is 18.1. The Labute approximate surface area is 152 Å². The maximum atomic E-state index is 5.93. The quantitative estimate of drug-likeness (QED) is 0.732. The van der Waals surface area contributed by atoms with Crippen LogP contribution in [0, 0.1) is 6.92 Å². The maximum Gasteiger partial charge on any atom is 0.0925 e. The number of imidazole rings is 1. The third-order valence-corrected chi connectivity index (χ3v) is 5.82. The van der Waals surface area contributed by atoms with Crippen LogP contribution in [-0.2, 0) is 28.6 Å². The van der Waals surface area contributed by atoms with Crippen molar-refractivity contribution in [2.45, 2.75) is 77.7 Å². The summed E-state index contributed by atoms with van der Waals surface area (Å²) in [4.78, 5) is 7.46. The second-order valence-electron chi connectivity index (χ2n) is 8.78. The maximum absolute atomic E-state index is 5.93. The van der Waals surface area contributed by atoms with E-state index in [1.165, 1.54) is 35.2 Å². The molecule has 1 aromatic heterocycles. The molecule has 136 valence electrons. The molecule has 0 bridgehead atoms. The van der Waals surface area contributed by atoms with Crippen LogP contribution < -0.4 is 0 Å². The van der Waals surface area contributed by atoms with Crippen LogP contribution in [0.5, 0.6) is 0 Å². The van der Waals surface area contributed by atoms with Gasteiger partial charge < -0.3 is 9.72 Å². The van der Waals surface area contributed by atoms with Crippen molar-refractivity contribution in [3.05, 3.63) is 52.6 Å². The summed E-state index contributed by atoms with van der Waals surface area (Å²) < 4.78 is 5.93. The highest BCUT2D eigenvalue weighted by Crippen LogP contribution is 2.45. The Morgan fingerprint density at radius 2 is 1.80 bits per heavy atom. The largest absolute Gasteiger partial charge is 0.377 e. The number of hydrogen-bond acceptors (Lipinski definition) is 2. The summed E-state index contributed by atoms with van der Waals surface area (Å²) in [5.74, 6) is 0. The van der Waals surface area contributed by atoms with Gasteiger partial charge in [-0.1, -0.05) is 45.9 Å². The average molecular weight is 341 g/mol. The first kappa shape index (κ1) is 18.2. The minimum Gasteiger partial charge on any atom is -0.377 e. The van der Waals surface area contributed by atoms with Crippen LogP contribution in [0.15, 0.2) is 24.5 Å². The summed E-state index contributed by atoms with van der Waals surface area (Å²) in [6.07, 6.45) is 6.26. The van der Waals surface area contributed by atoms with E-state index in [0.29, 0.717) is 6.61 Å². The first-order chi connectivity index (χ1) is 11.8. The number of aromatic amines is 1. The molecular weight excluding hydrogens is 308 g/mol. The van der Waals surface area contributed by atoms with Gasteiger partial charge in [0.2, 0.25) is 0 Å². The average Bonchev–Trinajstić information content (AvgIpc) is 2.97. The Balaban J connectivity index is 1.58. The van der Waals surface area contributed by atoms with Crippen LogP contribution in [0.2, 0.25) is 0 Å². The predicted octanol–water partition coefficient (Wildman–Crippen LogP) is 5.22. The number of hydrogen-bond donors (Lipinski definition) is 1. The van der Waals surface area contributed by atoms with Crippen molar-refractivity contribution < 1.29 is 4.74 Å². The highest BCUT2D eigenvalue weighted by molar-refractivity contribution is 5.43. The van der Waals surface area contributed by atoms with Crippen molar-refractivity contribution in [1.82, 2.24) is 9.97 Å². The molecule has 0 amide bonds. The van der Waals surface area contributed by atoms with Crippen molar-refractivity contribution >= 4 is 0 Å². The number of aryl methyl sites for hydroxylation is 2. The van der Waals surface area contributed by atoms with Crippen molar-refractivity contribution in [2.75, 3.05) is 6.61 Å². The lowest BCUT2D eigenvalue weighted by atomic mass is 9.63. The van der Waals surface area contributed by atoms with E-state index in [-0.39, 0.29) is 10.8 Å². The van der Waals surface area contributed by atoms with Gasteiger partial charge in [-0.05, 0) is 60.1 Å². The molecule has 0 aliphatic heterocycles. The number of benzene rings is 1. The molecule has 3 heteroatoms. The van der Waals surface area contributed by atoms with E-state index in [2.05, 4.69) is 62.8 Å². The molecule has 0 radical (unpaired) electrons. The smallest absolute Gasteiger partial charge is 0.0925 e. The molecule has 0 saturated heterocycles. The van der Waals surface area contributed by atoms with Crippen molar-refractivity contribution in [3.8, 4) is 0 Å². The highest BCUT2D eigenvalue weighted by atomic mass is 16.5. The third-order valence-electron chi connectivity index (χ3n) is 5.82. The summed E-state index contributed by atoms with van der Waals surface area (Å²) in [5.41, 5.74) is 7.18. The zero-order chi connectivity index (χ0) is 18.1. The van der Waals surface area contributed by atoms with Crippen LogP contribution in [0.4, 0.5) is 0 Å². The molecule has 1 aliphatic rings. The van der Waals surface area contributed by atoms with Crippen LogP contribution in [0.25, 0.3) is 0 Å². The summed E-state index contributed by atoms with van der Waals surface area (Å²) in [6.45, 7) is 13.0. The minimum atomic E-state index is 0.262. The lowest BCUT2D eigenvalue weighted by molar-refractivity contribution is 0.118. The van der Waals surface area contributed by atoms with E-state index in [1.54, 1.807) is 6.33 Å². The Morgan fingerprint density at radius 3 is 2.48 bits per heavy atom. The van der Waals surface area contributed by atoms with E-state index in [1.807, 2.05) is 0 Å².